The van der Waals surface area contributed by atoms with E-state index in [-0.39, 0.29) is 5.28 Å². The first-order valence-corrected chi connectivity index (χ1v) is 6.26. The first-order valence-electron chi connectivity index (χ1n) is 5.88. The molecule has 0 spiro atoms. The highest BCUT2D eigenvalue weighted by molar-refractivity contribution is 6.28. The fraction of sp³-hybridized carbons (Fsp3) is 0.0667. The Labute approximate surface area is 115 Å². The van der Waals surface area contributed by atoms with Gasteiger partial charge in [-0.05, 0) is 41.4 Å². The topological polar surface area (TPSA) is 35.0 Å². The van der Waals surface area contributed by atoms with E-state index in [1.165, 1.54) is 5.39 Å². The molecular weight excluding hydrogens is 260 g/mol. The van der Waals surface area contributed by atoms with Gasteiger partial charge >= 0.3 is 0 Å². The molecule has 0 fully saturated rings. The number of hydrogen-bond acceptors (Lipinski definition) is 3. The summed E-state index contributed by atoms with van der Waals surface area (Å²) >= 11 is 5.78. The molecule has 1 heterocycles. The van der Waals surface area contributed by atoms with Crippen LogP contribution in [0.15, 0.2) is 48.7 Å². The summed E-state index contributed by atoms with van der Waals surface area (Å²) in [4.78, 5) is 7.99. The standard InChI is InChI=1S/C15H11ClN2O/c1-10-9-17-15(16)18-14(10)19-13-7-6-11-4-2-3-5-12(11)8-13/h2-9H,1H3. The minimum atomic E-state index is 0.182. The van der Waals surface area contributed by atoms with E-state index in [9.17, 15) is 0 Å². The van der Waals surface area contributed by atoms with Crippen molar-refractivity contribution in [3.05, 3.63) is 59.5 Å². The maximum Gasteiger partial charge on any atom is 0.226 e. The van der Waals surface area contributed by atoms with Gasteiger partial charge in [-0.1, -0.05) is 30.3 Å². The van der Waals surface area contributed by atoms with Gasteiger partial charge in [0.2, 0.25) is 11.2 Å². The summed E-state index contributed by atoms with van der Waals surface area (Å²) in [5.74, 6) is 1.21. The lowest BCUT2D eigenvalue weighted by Crippen LogP contribution is -1.93. The second-order valence-corrected chi connectivity index (χ2v) is 4.58. The van der Waals surface area contributed by atoms with E-state index in [4.69, 9.17) is 16.3 Å². The van der Waals surface area contributed by atoms with Crippen LogP contribution in [-0.2, 0) is 0 Å². The third kappa shape index (κ3) is 2.51. The number of hydrogen-bond donors (Lipinski definition) is 0. The van der Waals surface area contributed by atoms with Gasteiger partial charge in [-0.25, -0.2) is 4.98 Å². The van der Waals surface area contributed by atoms with Crippen molar-refractivity contribution in [1.82, 2.24) is 9.97 Å². The van der Waals surface area contributed by atoms with Gasteiger partial charge in [0, 0.05) is 11.8 Å². The van der Waals surface area contributed by atoms with Crippen molar-refractivity contribution < 1.29 is 4.74 Å². The van der Waals surface area contributed by atoms with Crippen LogP contribution in [0.4, 0.5) is 0 Å². The minimum Gasteiger partial charge on any atom is -0.439 e. The Morgan fingerprint density at radius 2 is 1.84 bits per heavy atom. The first-order chi connectivity index (χ1) is 9.22. The summed E-state index contributed by atoms with van der Waals surface area (Å²) in [6, 6.07) is 14.0. The molecule has 0 atom stereocenters. The third-order valence-electron chi connectivity index (χ3n) is 2.83. The maximum absolute atomic E-state index is 5.78. The van der Waals surface area contributed by atoms with E-state index >= 15 is 0 Å². The monoisotopic (exact) mass is 270 g/mol. The molecule has 94 valence electrons. The first kappa shape index (κ1) is 11.9. The molecule has 1 aromatic heterocycles. The highest BCUT2D eigenvalue weighted by atomic mass is 35.5. The Balaban J connectivity index is 1.98. The number of ether oxygens (including phenoxy) is 1. The van der Waals surface area contributed by atoms with E-state index in [0.717, 1.165) is 16.7 Å². The molecule has 0 saturated carbocycles. The molecule has 0 amide bonds. The summed E-state index contributed by atoms with van der Waals surface area (Å²) in [5.41, 5.74) is 0.845. The lowest BCUT2D eigenvalue weighted by molar-refractivity contribution is 0.458. The van der Waals surface area contributed by atoms with Crippen LogP contribution < -0.4 is 4.74 Å². The lowest BCUT2D eigenvalue weighted by Gasteiger charge is -2.08. The Hall–Kier alpha value is -2.13. The van der Waals surface area contributed by atoms with Gasteiger partial charge in [0.1, 0.15) is 5.75 Å². The summed E-state index contributed by atoms with van der Waals surface area (Å²) in [6.07, 6.45) is 1.64. The number of halogens is 1. The third-order valence-corrected chi connectivity index (χ3v) is 3.01. The largest absolute Gasteiger partial charge is 0.439 e. The second kappa shape index (κ2) is 4.86. The number of rotatable bonds is 2. The Morgan fingerprint density at radius 1 is 1.05 bits per heavy atom. The smallest absolute Gasteiger partial charge is 0.226 e. The molecule has 0 bridgehead atoms. The molecule has 0 N–H and O–H groups in total. The van der Waals surface area contributed by atoms with Gasteiger partial charge in [0.05, 0.1) is 0 Å². The van der Waals surface area contributed by atoms with E-state index in [2.05, 4.69) is 16.0 Å². The van der Waals surface area contributed by atoms with Crippen LogP contribution in [0.5, 0.6) is 11.6 Å². The van der Waals surface area contributed by atoms with E-state index in [0.29, 0.717) is 5.88 Å². The molecule has 19 heavy (non-hydrogen) atoms. The van der Waals surface area contributed by atoms with Crippen LogP contribution in [0.25, 0.3) is 10.8 Å². The SMILES string of the molecule is Cc1cnc(Cl)nc1Oc1ccc2ccccc2c1. The summed E-state index contributed by atoms with van der Waals surface area (Å²) in [6.45, 7) is 1.88. The van der Waals surface area contributed by atoms with E-state index in [1.54, 1.807) is 6.20 Å². The number of benzene rings is 2. The maximum atomic E-state index is 5.78. The van der Waals surface area contributed by atoms with Gasteiger partial charge in [-0.15, -0.1) is 0 Å². The molecule has 4 heteroatoms. The van der Waals surface area contributed by atoms with Gasteiger partial charge in [0.25, 0.3) is 0 Å². The lowest BCUT2D eigenvalue weighted by atomic mass is 10.1. The van der Waals surface area contributed by atoms with E-state index < -0.39 is 0 Å². The number of nitrogens with zero attached hydrogens (tertiary/aromatic N) is 2. The molecule has 0 radical (unpaired) electrons. The van der Waals surface area contributed by atoms with Crippen molar-refractivity contribution >= 4 is 22.4 Å². The minimum absolute atomic E-state index is 0.182. The van der Waals surface area contributed by atoms with Crippen molar-refractivity contribution in [2.45, 2.75) is 6.92 Å². The number of aromatic nitrogens is 2. The quantitative estimate of drug-likeness (QED) is 0.648. The predicted molar refractivity (Wildman–Crippen MR) is 75.8 cm³/mol. The zero-order valence-electron chi connectivity index (χ0n) is 10.3. The van der Waals surface area contributed by atoms with Crippen molar-refractivity contribution in [1.29, 1.82) is 0 Å². The zero-order chi connectivity index (χ0) is 13.2. The Morgan fingerprint density at radius 3 is 2.68 bits per heavy atom. The van der Waals surface area contributed by atoms with Crippen LogP contribution >= 0.6 is 11.6 Å². The van der Waals surface area contributed by atoms with Crippen LogP contribution in [0.3, 0.4) is 0 Å². The summed E-state index contributed by atoms with van der Waals surface area (Å²) < 4.78 is 5.76. The van der Waals surface area contributed by atoms with Crippen LogP contribution in [-0.4, -0.2) is 9.97 Å². The molecule has 0 unspecified atom stereocenters. The average Bonchev–Trinajstić information content (AvgIpc) is 2.43. The Kier molecular flexibility index (Phi) is 3.05. The highest BCUT2D eigenvalue weighted by Crippen LogP contribution is 2.26. The molecule has 0 aliphatic rings. The molecule has 0 saturated heterocycles. The van der Waals surface area contributed by atoms with Crippen LogP contribution in [0, 0.1) is 6.92 Å². The summed E-state index contributed by atoms with van der Waals surface area (Å²) in [5, 5.41) is 2.48. The summed E-state index contributed by atoms with van der Waals surface area (Å²) in [7, 11) is 0. The van der Waals surface area contributed by atoms with Gasteiger partial charge < -0.3 is 4.74 Å². The molecule has 0 aliphatic carbocycles. The zero-order valence-corrected chi connectivity index (χ0v) is 11.1. The number of fused-ring (bicyclic) bond motifs is 1. The fourth-order valence-corrected chi connectivity index (χ4v) is 1.98. The van der Waals surface area contributed by atoms with Crippen molar-refractivity contribution in [2.24, 2.45) is 0 Å². The molecule has 2 aromatic carbocycles. The molecule has 0 aliphatic heterocycles. The number of aryl methyl sites for hydroxylation is 1. The second-order valence-electron chi connectivity index (χ2n) is 4.24. The van der Waals surface area contributed by atoms with Gasteiger partial charge in [0.15, 0.2) is 0 Å². The molecule has 3 aromatic rings. The van der Waals surface area contributed by atoms with E-state index in [1.807, 2.05) is 43.3 Å². The molecule has 3 rings (SSSR count). The molecular formula is C15H11ClN2O. The normalized spacial score (nSPS) is 10.6. The van der Waals surface area contributed by atoms with Crippen molar-refractivity contribution in [2.75, 3.05) is 0 Å². The van der Waals surface area contributed by atoms with Gasteiger partial charge in [-0.2, -0.15) is 4.98 Å². The molecule has 3 nitrogen and oxygen atoms in total. The fourth-order valence-electron chi connectivity index (χ4n) is 1.85. The van der Waals surface area contributed by atoms with Crippen molar-refractivity contribution in [3.63, 3.8) is 0 Å². The Bertz CT molecular complexity index is 743. The van der Waals surface area contributed by atoms with Crippen LogP contribution in [0.1, 0.15) is 5.56 Å². The highest BCUT2D eigenvalue weighted by Gasteiger charge is 2.05. The average molecular weight is 271 g/mol. The predicted octanol–water partition coefficient (Wildman–Crippen LogP) is 4.38. The van der Waals surface area contributed by atoms with Crippen molar-refractivity contribution in [3.8, 4) is 11.6 Å². The van der Waals surface area contributed by atoms with Gasteiger partial charge in [-0.3, -0.25) is 0 Å². The van der Waals surface area contributed by atoms with Crippen LogP contribution in [0.2, 0.25) is 5.28 Å².